The second-order valence-corrected chi connectivity index (χ2v) is 3.82. The summed E-state index contributed by atoms with van der Waals surface area (Å²) in [7, 11) is -4.94. The largest absolute Gasteiger partial charge is 0.222 e. The molecule has 0 aromatic carbocycles. The molecule has 0 amide bonds. The zero-order valence-corrected chi connectivity index (χ0v) is 9.45. The van der Waals surface area contributed by atoms with E-state index in [4.69, 9.17) is 24.5 Å². The minimum Gasteiger partial charge on any atom is -0.222 e. The van der Waals surface area contributed by atoms with E-state index in [1.807, 2.05) is 13.8 Å². The van der Waals surface area contributed by atoms with Gasteiger partial charge in [0.25, 0.3) is 0 Å². The third-order valence-corrected chi connectivity index (χ3v) is 1.63. The number of nitrogens with zero attached hydrogens (tertiary/aromatic N) is 1. The van der Waals surface area contributed by atoms with E-state index in [0.717, 1.165) is 11.4 Å². The van der Waals surface area contributed by atoms with Crippen molar-refractivity contribution in [3.05, 3.63) is 29.1 Å². The van der Waals surface area contributed by atoms with E-state index in [1.165, 1.54) is 5.56 Å². The fourth-order valence-corrected chi connectivity index (χ4v) is 1.12. The molecular formula is C8H13ClN2O4. The number of nitrogen functional groups attached to an aromatic ring is 1. The molecule has 0 bridgehead atoms. The van der Waals surface area contributed by atoms with E-state index in [0.29, 0.717) is 0 Å². The molecule has 1 heterocycles. The number of halogens is 1. The number of pyridine rings is 1. The highest BCUT2D eigenvalue weighted by Crippen LogP contribution is 1.98. The average molecular weight is 237 g/mol. The van der Waals surface area contributed by atoms with Crippen molar-refractivity contribution in [2.45, 2.75) is 20.8 Å². The number of nitrogens with two attached hydrogens (primary N) is 1. The average Bonchev–Trinajstić information content (AvgIpc) is 1.96. The van der Waals surface area contributed by atoms with Crippen molar-refractivity contribution >= 4 is 0 Å². The molecule has 0 radical (unpaired) electrons. The monoisotopic (exact) mass is 236 g/mol. The van der Waals surface area contributed by atoms with Gasteiger partial charge in [-0.25, -0.2) is 24.5 Å². The molecule has 0 aliphatic heterocycles. The molecule has 15 heavy (non-hydrogen) atoms. The zero-order chi connectivity index (χ0) is 12.2. The second-order valence-electron chi connectivity index (χ2n) is 3.06. The molecule has 1 aromatic rings. The third kappa shape index (κ3) is 7.06. The summed E-state index contributed by atoms with van der Waals surface area (Å²) in [4.78, 5) is 0. The van der Waals surface area contributed by atoms with Crippen LogP contribution in [-0.2, 0) is 0 Å². The molecule has 0 spiro atoms. The van der Waals surface area contributed by atoms with Crippen LogP contribution in [0.15, 0.2) is 12.1 Å². The Bertz CT molecular complexity index is 309. The molecule has 0 unspecified atom stereocenters. The lowest BCUT2D eigenvalue weighted by molar-refractivity contribution is -2.00. The van der Waals surface area contributed by atoms with Crippen molar-refractivity contribution in [2.75, 3.05) is 5.84 Å². The lowest BCUT2D eigenvalue weighted by atomic mass is 10.2. The third-order valence-electron chi connectivity index (χ3n) is 1.63. The molecule has 1 aromatic heterocycles. The number of hydrogen-bond acceptors (Lipinski definition) is 5. The van der Waals surface area contributed by atoms with Crippen molar-refractivity contribution < 1.29 is 33.6 Å². The minimum absolute atomic E-state index is 1.09. The summed E-state index contributed by atoms with van der Waals surface area (Å²) in [5.41, 5.74) is 3.45. The van der Waals surface area contributed by atoms with Crippen LogP contribution < -0.4 is 29.2 Å². The van der Waals surface area contributed by atoms with Gasteiger partial charge in [0.15, 0.2) is 0 Å². The Morgan fingerprint density at radius 2 is 1.27 bits per heavy atom. The smallest absolute Gasteiger partial charge is 0.208 e. The Morgan fingerprint density at radius 3 is 1.53 bits per heavy atom. The maximum absolute atomic E-state index is 8.49. The lowest BCUT2D eigenvalue weighted by Crippen LogP contribution is -2.68. The molecular weight excluding hydrogens is 224 g/mol. The van der Waals surface area contributed by atoms with Crippen LogP contribution in [0, 0.1) is 31.0 Å². The first-order chi connectivity index (χ1) is 6.61. The van der Waals surface area contributed by atoms with Gasteiger partial charge < -0.3 is 0 Å². The molecule has 7 heteroatoms. The van der Waals surface area contributed by atoms with Crippen LogP contribution >= 0.6 is 0 Å². The molecule has 0 aliphatic carbocycles. The molecule has 6 nitrogen and oxygen atoms in total. The first kappa shape index (κ1) is 14.1. The molecule has 86 valence electrons. The molecule has 2 N–H and O–H groups in total. The predicted octanol–water partition coefficient (Wildman–Crippen LogP) is -4.14. The summed E-state index contributed by atoms with van der Waals surface area (Å²) in [5, 5.41) is 0. The van der Waals surface area contributed by atoms with E-state index in [2.05, 4.69) is 19.1 Å². The Balaban J connectivity index is 0.000000336. The van der Waals surface area contributed by atoms with Crippen LogP contribution in [0.4, 0.5) is 0 Å². The van der Waals surface area contributed by atoms with Crippen LogP contribution in [0.1, 0.15) is 17.0 Å². The Morgan fingerprint density at radius 1 is 1.00 bits per heavy atom. The van der Waals surface area contributed by atoms with Crippen molar-refractivity contribution in [1.82, 2.24) is 0 Å². The summed E-state index contributed by atoms with van der Waals surface area (Å²) < 4.78 is 35.7. The summed E-state index contributed by atoms with van der Waals surface area (Å²) in [5.74, 6) is 5.67. The van der Waals surface area contributed by atoms with Crippen molar-refractivity contribution in [3.8, 4) is 0 Å². The van der Waals surface area contributed by atoms with Crippen molar-refractivity contribution in [1.29, 1.82) is 0 Å². The molecule has 0 atom stereocenters. The number of hydrogen-bond donors (Lipinski definition) is 1. The summed E-state index contributed by atoms with van der Waals surface area (Å²) in [6.45, 7) is 6.07. The Hall–Kier alpha value is -0.920. The molecule has 0 aliphatic rings. The Labute approximate surface area is 89.9 Å². The van der Waals surface area contributed by atoms with Gasteiger partial charge in [-0.3, -0.25) is 0 Å². The van der Waals surface area contributed by atoms with E-state index in [1.54, 1.807) is 4.68 Å². The van der Waals surface area contributed by atoms with Crippen LogP contribution in [0.5, 0.6) is 0 Å². The standard InChI is InChI=1S/C8H13N2.ClHO4/c1-6-4-7(2)10(9)8(3)5-6;2-1(3,4)5/h4-5H,9H2,1-3H3;(H,2,3,4,5)/q+1;/p-1. The van der Waals surface area contributed by atoms with Gasteiger partial charge in [0.1, 0.15) is 0 Å². The summed E-state index contributed by atoms with van der Waals surface area (Å²) in [6.07, 6.45) is 0. The van der Waals surface area contributed by atoms with Crippen LogP contribution in [0.25, 0.3) is 0 Å². The van der Waals surface area contributed by atoms with E-state index < -0.39 is 10.2 Å². The van der Waals surface area contributed by atoms with E-state index in [-0.39, 0.29) is 0 Å². The summed E-state index contributed by atoms with van der Waals surface area (Å²) >= 11 is 0. The van der Waals surface area contributed by atoms with Crippen LogP contribution in [0.3, 0.4) is 0 Å². The molecule has 1 rings (SSSR count). The maximum Gasteiger partial charge on any atom is 0.208 e. The summed E-state index contributed by atoms with van der Waals surface area (Å²) in [6, 6.07) is 4.12. The zero-order valence-electron chi connectivity index (χ0n) is 8.69. The topological polar surface area (TPSA) is 122 Å². The lowest BCUT2D eigenvalue weighted by Gasteiger charge is -2.17. The second kappa shape index (κ2) is 5.24. The van der Waals surface area contributed by atoms with Gasteiger partial charge in [-0.2, -0.15) is 0 Å². The van der Waals surface area contributed by atoms with Gasteiger partial charge in [-0.15, -0.1) is 10.2 Å². The molecule has 0 fully saturated rings. The fraction of sp³-hybridized carbons (Fsp3) is 0.375. The van der Waals surface area contributed by atoms with Crippen molar-refractivity contribution in [2.24, 2.45) is 0 Å². The number of rotatable bonds is 0. The minimum atomic E-state index is -4.94. The fourth-order valence-electron chi connectivity index (χ4n) is 1.12. The van der Waals surface area contributed by atoms with Gasteiger partial charge in [0, 0.05) is 26.0 Å². The first-order valence-corrected chi connectivity index (χ1v) is 5.21. The van der Waals surface area contributed by atoms with E-state index >= 15 is 0 Å². The number of aromatic nitrogens is 1. The van der Waals surface area contributed by atoms with Gasteiger partial charge in [-0.05, 0) is 12.5 Å². The molecule has 0 saturated heterocycles. The SMILES string of the molecule is Cc1cc(C)[n+](N)c(C)c1.[O-][Cl+3]([O-])([O-])[O-]. The Kier molecular flexibility index (Phi) is 4.92. The maximum atomic E-state index is 8.49. The molecule has 0 saturated carbocycles. The predicted molar refractivity (Wildman–Crippen MR) is 41.0 cm³/mol. The van der Waals surface area contributed by atoms with E-state index in [9.17, 15) is 0 Å². The number of aryl methyl sites for hydroxylation is 3. The highest BCUT2D eigenvalue weighted by Gasteiger charge is 2.05. The van der Waals surface area contributed by atoms with Crippen molar-refractivity contribution in [3.63, 3.8) is 0 Å². The van der Waals surface area contributed by atoms with Crippen LogP contribution in [0.2, 0.25) is 0 Å². The van der Waals surface area contributed by atoms with Gasteiger partial charge in [-0.1, -0.05) is 4.68 Å². The highest BCUT2D eigenvalue weighted by molar-refractivity contribution is 5.13. The van der Waals surface area contributed by atoms with Gasteiger partial charge >= 0.3 is 0 Å². The van der Waals surface area contributed by atoms with Gasteiger partial charge in [0.05, 0.1) is 0 Å². The van der Waals surface area contributed by atoms with Gasteiger partial charge in [0.2, 0.25) is 11.4 Å². The highest BCUT2D eigenvalue weighted by atomic mass is 35.7. The first-order valence-electron chi connectivity index (χ1n) is 3.98. The quantitative estimate of drug-likeness (QED) is 0.362. The van der Waals surface area contributed by atoms with Crippen LogP contribution in [-0.4, -0.2) is 0 Å². The normalized spacial score (nSPS) is 10.6.